The molecule has 0 saturated carbocycles. The van der Waals surface area contributed by atoms with Gasteiger partial charge in [-0.1, -0.05) is 0 Å². The number of ether oxygens (including phenoxy) is 2. The maximum absolute atomic E-state index is 14.0. The highest BCUT2D eigenvalue weighted by molar-refractivity contribution is 9.10. The average Bonchev–Trinajstić information content (AvgIpc) is 2.51. The molecule has 8 heteroatoms. The van der Waals surface area contributed by atoms with Crippen molar-refractivity contribution in [2.45, 2.75) is 35.7 Å². The summed E-state index contributed by atoms with van der Waals surface area (Å²) in [4.78, 5) is -0.246. The molecule has 1 fully saturated rings. The Morgan fingerprint density at radius 3 is 2.86 bits per heavy atom. The Kier molecular flexibility index (Phi) is 6.15. The van der Waals surface area contributed by atoms with Gasteiger partial charge in [-0.05, 0) is 59.1 Å². The summed E-state index contributed by atoms with van der Waals surface area (Å²) >= 11 is 2.96. The van der Waals surface area contributed by atoms with Gasteiger partial charge in [0.1, 0.15) is 12.7 Å². The summed E-state index contributed by atoms with van der Waals surface area (Å²) < 4.78 is 51.9. The molecule has 0 spiro atoms. The summed E-state index contributed by atoms with van der Waals surface area (Å²) in [5, 5.41) is 5.46. The predicted octanol–water partition coefficient (Wildman–Crippen LogP) is 4.69. The summed E-state index contributed by atoms with van der Waals surface area (Å²) in [7, 11) is 0. The van der Waals surface area contributed by atoms with Crippen LogP contribution in [0.25, 0.3) is 0 Å². The number of thioether (sulfide) groups is 1. The summed E-state index contributed by atoms with van der Waals surface area (Å²) in [6.45, 7) is -0.361. The van der Waals surface area contributed by atoms with E-state index in [0.717, 1.165) is 18.9 Å². The van der Waals surface area contributed by atoms with E-state index in [4.69, 9.17) is 14.7 Å². The third-order valence-electron chi connectivity index (χ3n) is 3.00. The van der Waals surface area contributed by atoms with Crippen molar-refractivity contribution in [1.82, 2.24) is 0 Å². The number of nitriles is 1. The van der Waals surface area contributed by atoms with Crippen LogP contribution in [0.3, 0.4) is 0 Å². The van der Waals surface area contributed by atoms with Crippen LogP contribution in [0.15, 0.2) is 21.5 Å². The molecule has 120 valence electrons. The van der Waals surface area contributed by atoms with Gasteiger partial charge in [0.05, 0.1) is 14.9 Å². The number of alkyl halides is 2. The lowest BCUT2D eigenvalue weighted by Gasteiger charge is -2.25. The minimum atomic E-state index is -3.30. The molecule has 0 aromatic heterocycles. The lowest BCUT2D eigenvalue weighted by molar-refractivity contribution is -0.183. The fourth-order valence-electron chi connectivity index (χ4n) is 1.92. The third kappa shape index (κ3) is 4.62. The number of nitrogens with zero attached hydrogens (tertiary/aromatic N) is 1. The Labute approximate surface area is 138 Å². The highest BCUT2D eigenvalue weighted by Crippen LogP contribution is 2.40. The van der Waals surface area contributed by atoms with Crippen LogP contribution in [0.5, 0.6) is 0 Å². The van der Waals surface area contributed by atoms with Crippen LogP contribution in [-0.2, 0) is 9.47 Å². The van der Waals surface area contributed by atoms with Crippen LogP contribution in [-0.4, -0.2) is 24.8 Å². The van der Waals surface area contributed by atoms with Gasteiger partial charge >= 0.3 is 5.25 Å². The highest BCUT2D eigenvalue weighted by Gasteiger charge is 2.34. The standard InChI is InChI=1S/C14H13BrF3NO2S/c15-12-9(7-19)4-5-10(13(12)16)22-14(17,18)8-21-11-3-1-2-6-20-11/h4-5,11H,1-3,6,8H2. The van der Waals surface area contributed by atoms with Gasteiger partial charge in [0, 0.05) is 6.61 Å². The molecule has 2 rings (SSSR count). The van der Waals surface area contributed by atoms with Crippen LogP contribution >= 0.6 is 27.7 Å². The monoisotopic (exact) mass is 395 g/mol. The van der Waals surface area contributed by atoms with Crippen molar-refractivity contribution in [2.24, 2.45) is 0 Å². The minimum absolute atomic E-state index is 0.0528. The number of benzene rings is 1. The molecule has 1 saturated heterocycles. The molecule has 1 aliphatic rings. The molecule has 1 unspecified atom stereocenters. The van der Waals surface area contributed by atoms with Crippen molar-refractivity contribution >= 4 is 27.7 Å². The Balaban J connectivity index is 1.99. The van der Waals surface area contributed by atoms with Gasteiger partial charge in [-0.15, -0.1) is 0 Å². The Hall–Kier alpha value is -0.750. The van der Waals surface area contributed by atoms with Gasteiger partial charge in [-0.25, -0.2) is 4.39 Å². The Morgan fingerprint density at radius 2 is 2.23 bits per heavy atom. The van der Waals surface area contributed by atoms with Crippen molar-refractivity contribution in [1.29, 1.82) is 5.26 Å². The highest BCUT2D eigenvalue weighted by atomic mass is 79.9. The molecule has 1 aromatic carbocycles. The average molecular weight is 396 g/mol. The van der Waals surface area contributed by atoms with Crippen molar-refractivity contribution in [3.05, 3.63) is 28.0 Å². The molecule has 22 heavy (non-hydrogen) atoms. The minimum Gasteiger partial charge on any atom is -0.353 e. The molecule has 3 nitrogen and oxygen atoms in total. The maximum Gasteiger partial charge on any atom is 0.321 e. The number of rotatable bonds is 5. The molecule has 0 N–H and O–H groups in total. The van der Waals surface area contributed by atoms with Crippen LogP contribution in [0.2, 0.25) is 0 Å². The van der Waals surface area contributed by atoms with E-state index >= 15 is 0 Å². The first-order valence-electron chi connectivity index (χ1n) is 6.61. The van der Waals surface area contributed by atoms with Gasteiger partial charge in [-0.3, -0.25) is 0 Å². The molecule has 0 amide bonds. The van der Waals surface area contributed by atoms with Crippen molar-refractivity contribution in [3.8, 4) is 6.07 Å². The molecule has 0 radical (unpaired) electrons. The second-order valence-electron chi connectivity index (χ2n) is 4.70. The van der Waals surface area contributed by atoms with Crippen LogP contribution < -0.4 is 0 Å². The van der Waals surface area contributed by atoms with Crippen LogP contribution in [0.4, 0.5) is 13.2 Å². The largest absolute Gasteiger partial charge is 0.353 e. The Morgan fingerprint density at radius 1 is 1.45 bits per heavy atom. The zero-order valence-corrected chi connectivity index (χ0v) is 13.9. The molecular weight excluding hydrogens is 383 g/mol. The second-order valence-corrected chi connectivity index (χ2v) is 6.73. The topological polar surface area (TPSA) is 42.2 Å². The van der Waals surface area contributed by atoms with Crippen LogP contribution in [0, 0.1) is 17.1 Å². The lowest BCUT2D eigenvalue weighted by atomic mass is 10.2. The van der Waals surface area contributed by atoms with E-state index in [1.165, 1.54) is 6.07 Å². The molecule has 0 aliphatic carbocycles. The molecular formula is C14H13BrF3NO2S. The van der Waals surface area contributed by atoms with Gasteiger partial charge in [-0.2, -0.15) is 14.0 Å². The fraction of sp³-hybridized carbons (Fsp3) is 0.500. The SMILES string of the molecule is N#Cc1ccc(SC(F)(F)COC2CCCCO2)c(F)c1Br. The van der Waals surface area contributed by atoms with Gasteiger partial charge in [0.25, 0.3) is 0 Å². The molecule has 0 bridgehead atoms. The summed E-state index contributed by atoms with van der Waals surface area (Å²) in [6, 6.07) is 4.22. The predicted molar refractivity (Wildman–Crippen MR) is 79.2 cm³/mol. The Bertz CT molecular complexity index is 574. The molecule has 1 heterocycles. The van der Waals surface area contributed by atoms with Crippen LogP contribution in [0.1, 0.15) is 24.8 Å². The lowest BCUT2D eigenvalue weighted by Crippen LogP contribution is -2.28. The quantitative estimate of drug-likeness (QED) is 0.678. The van der Waals surface area contributed by atoms with E-state index < -0.39 is 24.0 Å². The van der Waals surface area contributed by atoms with E-state index in [0.29, 0.717) is 13.0 Å². The summed E-state index contributed by atoms with van der Waals surface area (Å²) in [6.07, 6.45) is 1.73. The van der Waals surface area contributed by atoms with E-state index in [2.05, 4.69) is 15.9 Å². The van der Waals surface area contributed by atoms with Gasteiger partial charge in [0.15, 0.2) is 12.1 Å². The van der Waals surface area contributed by atoms with E-state index in [1.54, 1.807) is 6.07 Å². The smallest absolute Gasteiger partial charge is 0.321 e. The van der Waals surface area contributed by atoms with E-state index in [9.17, 15) is 13.2 Å². The second kappa shape index (κ2) is 7.68. The summed E-state index contributed by atoms with van der Waals surface area (Å²) in [5.74, 6) is -0.877. The third-order valence-corrected chi connectivity index (χ3v) is 4.73. The van der Waals surface area contributed by atoms with Crippen molar-refractivity contribution in [3.63, 3.8) is 0 Å². The van der Waals surface area contributed by atoms with Crippen molar-refractivity contribution < 1.29 is 22.6 Å². The normalized spacial score (nSPS) is 19.0. The zero-order chi connectivity index (χ0) is 16.2. The van der Waals surface area contributed by atoms with Crippen molar-refractivity contribution in [2.75, 3.05) is 13.2 Å². The number of halogens is 4. The number of hydrogen-bond donors (Lipinski definition) is 0. The molecule has 1 atom stereocenters. The fourth-order valence-corrected chi connectivity index (χ4v) is 3.26. The van der Waals surface area contributed by atoms with Gasteiger partial charge < -0.3 is 9.47 Å². The maximum atomic E-state index is 14.0. The molecule has 1 aromatic rings. The zero-order valence-electron chi connectivity index (χ0n) is 11.5. The van der Waals surface area contributed by atoms with Gasteiger partial charge in [0.2, 0.25) is 0 Å². The number of hydrogen-bond acceptors (Lipinski definition) is 4. The molecule has 1 aliphatic heterocycles. The first-order valence-corrected chi connectivity index (χ1v) is 8.22. The van der Waals surface area contributed by atoms with E-state index in [1.807, 2.05) is 0 Å². The summed E-state index contributed by atoms with van der Waals surface area (Å²) in [5.41, 5.74) is 0.0528. The first kappa shape index (κ1) is 17.6. The first-order chi connectivity index (χ1) is 10.4. The van der Waals surface area contributed by atoms with E-state index in [-0.39, 0.29) is 26.7 Å².